The number of halogens is 4. The molecule has 0 aliphatic carbocycles. The molecule has 42 valence electrons. The molecule has 1 aliphatic rings. The monoisotopic (exact) mass is 179 g/mol. The topological polar surface area (TPSA) is 21.9 Å². The molecular formula is C2HCl4N. The molecule has 1 rings (SSSR count). The summed E-state index contributed by atoms with van der Waals surface area (Å²) in [5.41, 5.74) is 0. The van der Waals surface area contributed by atoms with E-state index in [0.717, 1.165) is 0 Å². The van der Waals surface area contributed by atoms with E-state index in [1.165, 1.54) is 0 Å². The van der Waals surface area contributed by atoms with Crippen molar-refractivity contribution >= 4 is 46.4 Å². The second kappa shape index (κ2) is 1.34. The van der Waals surface area contributed by atoms with Crippen molar-refractivity contribution in [3.8, 4) is 0 Å². The Hall–Kier alpha value is 1.12. The maximum Gasteiger partial charge on any atom is 0.217 e. The highest BCUT2D eigenvalue weighted by molar-refractivity contribution is 6.66. The summed E-state index contributed by atoms with van der Waals surface area (Å²) in [4.78, 5) is 0. The van der Waals surface area contributed by atoms with E-state index >= 15 is 0 Å². The zero-order valence-electron chi connectivity index (χ0n) is 3.01. The Bertz CT molecular complexity index is 85.9. The van der Waals surface area contributed by atoms with Crippen LogP contribution in [0.15, 0.2) is 0 Å². The van der Waals surface area contributed by atoms with E-state index in [-0.39, 0.29) is 0 Å². The lowest BCUT2D eigenvalue weighted by atomic mass is 10.9. The molecule has 1 heterocycles. The molecule has 0 aromatic heterocycles. The Morgan fingerprint density at radius 2 is 1.00 bits per heavy atom. The van der Waals surface area contributed by atoms with Crippen molar-refractivity contribution in [1.29, 1.82) is 0 Å². The third kappa shape index (κ3) is 0.936. The second-order valence-electron chi connectivity index (χ2n) is 1.27. The first-order chi connectivity index (χ1) is 2.96. The van der Waals surface area contributed by atoms with Crippen molar-refractivity contribution in [1.82, 2.24) is 5.32 Å². The largest absolute Gasteiger partial charge is 0.247 e. The summed E-state index contributed by atoms with van der Waals surface area (Å²) in [6, 6.07) is 0. The van der Waals surface area contributed by atoms with Gasteiger partial charge in [0.15, 0.2) is 0 Å². The van der Waals surface area contributed by atoms with Crippen LogP contribution in [-0.4, -0.2) is 8.91 Å². The van der Waals surface area contributed by atoms with Gasteiger partial charge in [-0.1, -0.05) is 46.4 Å². The van der Waals surface area contributed by atoms with Crippen LogP contribution >= 0.6 is 46.4 Å². The molecule has 1 nitrogen and oxygen atoms in total. The summed E-state index contributed by atoms with van der Waals surface area (Å²) < 4.78 is -2.26. The average molecular weight is 181 g/mol. The number of nitrogens with one attached hydrogen (secondary N) is 1. The van der Waals surface area contributed by atoms with Crippen molar-refractivity contribution in [2.75, 3.05) is 0 Å². The molecule has 1 aliphatic heterocycles. The highest BCUT2D eigenvalue weighted by Crippen LogP contribution is 2.52. The van der Waals surface area contributed by atoms with Crippen LogP contribution in [0.4, 0.5) is 0 Å². The van der Waals surface area contributed by atoms with E-state index < -0.39 is 8.91 Å². The summed E-state index contributed by atoms with van der Waals surface area (Å²) in [7, 11) is 0. The van der Waals surface area contributed by atoms with Crippen LogP contribution in [-0.2, 0) is 0 Å². The van der Waals surface area contributed by atoms with E-state index in [2.05, 4.69) is 5.32 Å². The molecule has 0 saturated carbocycles. The van der Waals surface area contributed by atoms with Gasteiger partial charge >= 0.3 is 0 Å². The summed E-state index contributed by atoms with van der Waals surface area (Å²) in [6.07, 6.45) is 0. The molecule has 5 heteroatoms. The van der Waals surface area contributed by atoms with E-state index in [9.17, 15) is 0 Å². The molecule has 1 N–H and O–H groups in total. The molecule has 0 atom stereocenters. The van der Waals surface area contributed by atoms with Crippen molar-refractivity contribution in [3.63, 3.8) is 0 Å². The fourth-order valence-corrected chi connectivity index (χ4v) is 0.926. The fourth-order valence-electron chi connectivity index (χ4n) is 0.166. The van der Waals surface area contributed by atoms with E-state index in [4.69, 9.17) is 46.4 Å². The van der Waals surface area contributed by atoms with Gasteiger partial charge in [-0.2, -0.15) is 0 Å². The molecule has 0 bridgehead atoms. The number of alkyl halides is 4. The van der Waals surface area contributed by atoms with Gasteiger partial charge in [-0.25, -0.2) is 5.32 Å². The summed E-state index contributed by atoms with van der Waals surface area (Å²) in [5, 5.41) is 2.41. The van der Waals surface area contributed by atoms with Crippen LogP contribution in [0.25, 0.3) is 0 Å². The average Bonchev–Trinajstić information content (AvgIpc) is 1.63. The number of hydrogen-bond donors (Lipinski definition) is 1. The molecule has 1 saturated heterocycles. The highest BCUT2D eigenvalue weighted by Gasteiger charge is 2.65. The van der Waals surface area contributed by atoms with E-state index in [0.29, 0.717) is 0 Å². The third-order valence-electron chi connectivity index (χ3n) is 0.646. The summed E-state index contributed by atoms with van der Waals surface area (Å²) in [6.45, 7) is 0. The fraction of sp³-hybridized carbons (Fsp3) is 1.00. The predicted molar refractivity (Wildman–Crippen MR) is 32.0 cm³/mol. The molecule has 0 radical (unpaired) electrons. The lowest BCUT2D eigenvalue weighted by Crippen LogP contribution is -1.96. The molecule has 0 spiro atoms. The van der Waals surface area contributed by atoms with Gasteiger partial charge in [-0.3, -0.25) is 0 Å². The van der Waals surface area contributed by atoms with Crippen LogP contribution in [0.5, 0.6) is 0 Å². The molecule has 0 aromatic carbocycles. The first-order valence-corrected chi connectivity index (χ1v) is 3.02. The Morgan fingerprint density at radius 1 is 0.857 bits per heavy atom. The van der Waals surface area contributed by atoms with Crippen LogP contribution in [0.1, 0.15) is 0 Å². The highest BCUT2D eigenvalue weighted by atomic mass is 35.5. The van der Waals surface area contributed by atoms with Crippen LogP contribution in [0.2, 0.25) is 0 Å². The maximum absolute atomic E-state index is 5.32. The smallest absolute Gasteiger partial charge is 0.217 e. The third-order valence-corrected chi connectivity index (χ3v) is 2.54. The Labute approximate surface area is 60.9 Å². The predicted octanol–water partition coefficient (Wildman–Crippen LogP) is 1.85. The van der Waals surface area contributed by atoms with Crippen molar-refractivity contribution < 1.29 is 0 Å². The van der Waals surface area contributed by atoms with Gasteiger partial charge in [0.2, 0.25) is 8.91 Å². The Morgan fingerprint density at radius 3 is 1.00 bits per heavy atom. The maximum atomic E-state index is 5.32. The van der Waals surface area contributed by atoms with Gasteiger partial charge in [-0.05, 0) is 0 Å². The van der Waals surface area contributed by atoms with Gasteiger partial charge < -0.3 is 0 Å². The van der Waals surface area contributed by atoms with E-state index in [1.54, 1.807) is 0 Å². The summed E-state index contributed by atoms with van der Waals surface area (Å²) >= 11 is 21.3. The van der Waals surface area contributed by atoms with Gasteiger partial charge in [-0.15, -0.1) is 0 Å². The van der Waals surface area contributed by atoms with Crippen molar-refractivity contribution in [3.05, 3.63) is 0 Å². The standard InChI is InChI=1S/C2HCl4N/c3-1(4)2(5,6)7-1/h7H. The van der Waals surface area contributed by atoms with Crippen LogP contribution in [0.3, 0.4) is 0 Å². The minimum atomic E-state index is -1.13. The summed E-state index contributed by atoms with van der Waals surface area (Å²) in [5.74, 6) is 0. The van der Waals surface area contributed by atoms with Gasteiger partial charge in [0.05, 0.1) is 0 Å². The molecule has 0 amide bonds. The first-order valence-electron chi connectivity index (χ1n) is 1.51. The van der Waals surface area contributed by atoms with Gasteiger partial charge in [0.1, 0.15) is 0 Å². The molecule has 0 unspecified atom stereocenters. The number of hydrogen-bond acceptors (Lipinski definition) is 1. The minimum Gasteiger partial charge on any atom is -0.247 e. The molecule has 1 fully saturated rings. The zero-order valence-corrected chi connectivity index (χ0v) is 6.04. The van der Waals surface area contributed by atoms with Crippen LogP contribution < -0.4 is 5.32 Å². The Kier molecular flexibility index (Phi) is 1.19. The lowest BCUT2D eigenvalue weighted by Gasteiger charge is -1.89. The van der Waals surface area contributed by atoms with E-state index in [1.807, 2.05) is 0 Å². The van der Waals surface area contributed by atoms with Gasteiger partial charge in [0, 0.05) is 0 Å². The first kappa shape index (κ1) is 6.24. The minimum absolute atomic E-state index is 1.13. The zero-order chi connectivity index (χ0) is 5.71. The molecule has 0 aromatic rings. The number of rotatable bonds is 0. The van der Waals surface area contributed by atoms with Crippen LogP contribution in [0, 0.1) is 0 Å². The SMILES string of the molecule is ClC1(Cl)NC1(Cl)Cl. The van der Waals surface area contributed by atoms with Crippen molar-refractivity contribution in [2.24, 2.45) is 0 Å². The van der Waals surface area contributed by atoms with Gasteiger partial charge in [0.25, 0.3) is 0 Å². The molecule has 7 heavy (non-hydrogen) atoms. The van der Waals surface area contributed by atoms with Crippen molar-refractivity contribution in [2.45, 2.75) is 8.91 Å². The lowest BCUT2D eigenvalue weighted by molar-refractivity contribution is 1.21. The Balaban J connectivity index is 2.59. The second-order valence-corrected chi connectivity index (χ2v) is 3.93. The quantitative estimate of drug-likeness (QED) is 0.343. The normalized spacial score (nSPS) is 32.6. The molecular weight excluding hydrogens is 180 g/mol.